The lowest BCUT2D eigenvalue weighted by molar-refractivity contribution is -0.0226. The van der Waals surface area contributed by atoms with Crippen LogP contribution in [0.1, 0.15) is 36.3 Å². The van der Waals surface area contributed by atoms with E-state index >= 15 is 0 Å². The highest BCUT2D eigenvalue weighted by molar-refractivity contribution is 5.90. The van der Waals surface area contributed by atoms with E-state index in [0.29, 0.717) is 5.56 Å². The number of carbonyl (C=O) groups is 1. The van der Waals surface area contributed by atoms with Gasteiger partial charge < -0.3 is 14.9 Å². The molecule has 0 spiro atoms. The molecule has 0 aromatic carbocycles. The van der Waals surface area contributed by atoms with Crippen molar-refractivity contribution in [2.24, 2.45) is 5.73 Å². The first-order valence-electron chi connectivity index (χ1n) is 10.0. The molecule has 4 aromatic rings. The van der Waals surface area contributed by atoms with Crippen LogP contribution in [0.2, 0.25) is 0 Å². The van der Waals surface area contributed by atoms with E-state index < -0.39 is 5.91 Å². The molecule has 31 heavy (non-hydrogen) atoms. The molecule has 1 amide bonds. The number of carbonyl (C=O) groups excluding carboxylic acids is 1. The van der Waals surface area contributed by atoms with E-state index in [2.05, 4.69) is 15.1 Å². The maximum Gasteiger partial charge on any atom is 0.270 e. The van der Waals surface area contributed by atoms with Crippen molar-refractivity contribution < 1.29 is 13.9 Å². The summed E-state index contributed by atoms with van der Waals surface area (Å²) in [7, 11) is 0. The Labute approximate surface area is 177 Å². The predicted molar refractivity (Wildman–Crippen MR) is 110 cm³/mol. The van der Waals surface area contributed by atoms with E-state index in [9.17, 15) is 4.79 Å². The van der Waals surface area contributed by atoms with Gasteiger partial charge in [-0.25, -0.2) is 9.67 Å². The average molecular weight is 419 g/mol. The van der Waals surface area contributed by atoms with Gasteiger partial charge in [0.15, 0.2) is 5.69 Å². The summed E-state index contributed by atoms with van der Waals surface area (Å²) in [6.45, 7) is 2.73. The lowest BCUT2D eigenvalue weighted by atomic mass is 9.89. The largest absolute Gasteiger partial charge is 0.444 e. The van der Waals surface area contributed by atoms with Gasteiger partial charge in [-0.05, 0) is 31.9 Å². The van der Waals surface area contributed by atoms with Crippen molar-refractivity contribution in [1.29, 1.82) is 0 Å². The van der Waals surface area contributed by atoms with E-state index in [0.717, 1.165) is 36.5 Å². The van der Waals surface area contributed by atoms with Crippen LogP contribution in [0, 0.1) is 0 Å². The molecule has 1 aliphatic carbocycles. The van der Waals surface area contributed by atoms with Gasteiger partial charge in [0, 0.05) is 19.0 Å². The fraction of sp³-hybridized carbons (Fsp3) is 0.286. The van der Waals surface area contributed by atoms with Crippen LogP contribution in [-0.2, 0) is 4.74 Å². The molecule has 4 heterocycles. The zero-order valence-corrected chi connectivity index (χ0v) is 16.9. The summed E-state index contributed by atoms with van der Waals surface area (Å²) in [5.41, 5.74) is 8.20. The Bertz CT molecular complexity index is 1200. The van der Waals surface area contributed by atoms with Crippen LogP contribution in [0.5, 0.6) is 0 Å². The summed E-state index contributed by atoms with van der Waals surface area (Å²) < 4.78 is 14.7. The number of pyridine rings is 1. The van der Waals surface area contributed by atoms with Crippen molar-refractivity contribution in [2.75, 3.05) is 6.61 Å². The minimum absolute atomic E-state index is 0.0681. The normalized spacial score (nSPS) is 18.1. The SMILES string of the molecule is CCOC1CC(n2cc(-n3cc(-c4nc(C(N)=O)co4)cn3)c(-c3ccccn3)n2)C1. The van der Waals surface area contributed by atoms with Crippen molar-refractivity contribution in [3.63, 3.8) is 0 Å². The molecule has 1 saturated carbocycles. The Hall–Kier alpha value is -3.79. The van der Waals surface area contributed by atoms with Crippen LogP contribution in [0.4, 0.5) is 0 Å². The maximum absolute atomic E-state index is 11.3. The van der Waals surface area contributed by atoms with E-state index in [1.54, 1.807) is 23.3 Å². The molecule has 158 valence electrons. The van der Waals surface area contributed by atoms with Gasteiger partial charge in [0.2, 0.25) is 5.89 Å². The first-order valence-corrected chi connectivity index (χ1v) is 10.0. The van der Waals surface area contributed by atoms with Crippen molar-refractivity contribution in [1.82, 2.24) is 29.5 Å². The zero-order chi connectivity index (χ0) is 21.4. The molecule has 4 aromatic heterocycles. The lowest BCUT2D eigenvalue weighted by Gasteiger charge is -2.34. The standard InChI is InChI=1S/C21H21N7O3/c1-2-30-15-7-14(8-15)27-11-18(19(26-27)16-5-3-4-6-23-16)28-10-13(9-24-28)21-25-17(12-31-21)20(22)29/h3-6,9-12,14-15H,2,7-8H2,1H3,(H2,22,29). The van der Waals surface area contributed by atoms with Crippen molar-refractivity contribution >= 4 is 5.91 Å². The van der Waals surface area contributed by atoms with Crippen LogP contribution in [0.15, 0.2) is 53.7 Å². The number of amides is 1. The number of nitrogens with two attached hydrogens (primary N) is 1. The predicted octanol–water partition coefficient (Wildman–Crippen LogP) is 2.62. The quantitative estimate of drug-likeness (QED) is 0.488. The van der Waals surface area contributed by atoms with Gasteiger partial charge in [0.05, 0.1) is 35.8 Å². The second kappa shape index (κ2) is 7.80. The molecule has 5 rings (SSSR count). The first-order chi connectivity index (χ1) is 15.1. The van der Waals surface area contributed by atoms with Crippen LogP contribution in [-0.4, -0.2) is 48.1 Å². The minimum atomic E-state index is -0.646. The third kappa shape index (κ3) is 3.61. The Morgan fingerprint density at radius 3 is 2.90 bits per heavy atom. The van der Waals surface area contributed by atoms with Crippen molar-refractivity contribution in [3.8, 4) is 28.5 Å². The number of primary amides is 1. The molecule has 0 bridgehead atoms. The first kappa shape index (κ1) is 19.2. The van der Waals surface area contributed by atoms with E-state index in [-0.39, 0.29) is 23.7 Å². The Morgan fingerprint density at radius 2 is 2.19 bits per heavy atom. The highest BCUT2D eigenvalue weighted by atomic mass is 16.5. The number of hydrogen-bond donors (Lipinski definition) is 1. The number of hydrogen-bond acceptors (Lipinski definition) is 7. The summed E-state index contributed by atoms with van der Waals surface area (Å²) >= 11 is 0. The van der Waals surface area contributed by atoms with Gasteiger partial charge in [0.25, 0.3) is 5.91 Å². The fourth-order valence-electron chi connectivity index (χ4n) is 3.63. The highest BCUT2D eigenvalue weighted by Crippen LogP contribution is 2.36. The molecule has 2 N–H and O–H groups in total. The van der Waals surface area contributed by atoms with Gasteiger partial charge in [-0.3, -0.25) is 14.5 Å². The van der Waals surface area contributed by atoms with Gasteiger partial charge in [-0.2, -0.15) is 10.2 Å². The third-order valence-electron chi connectivity index (χ3n) is 5.30. The van der Waals surface area contributed by atoms with Crippen LogP contribution < -0.4 is 5.73 Å². The summed E-state index contributed by atoms with van der Waals surface area (Å²) in [6.07, 6.45) is 10.5. The summed E-state index contributed by atoms with van der Waals surface area (Å²) in [4.78, 5) is 19.9. The van der Waals surface area contributed by atoms with Crippen LogP contribution in [0.25, 0.3) is 28.5 Å². The van der Waals surface area contributed by atoms with Crippen LogP contribution >= 0.6 is 0 Å². The Morgan fingerprint density at radius 1 is 1.32 bits per heavy atom. The lowest BCUT2D eigenvalue weighted by Crippen LogP contribution is -2.33. The van der Waals surface area contributed by atoms with Gasteiger partial charge in [-0.15, -0.1) is 0 Å². The molecule has 1 aliphatic rings. The molecule has 10 heteroatoms. The highest BCUT2D eigenvalue weighted by Gasteiger charge is 2.32. The molecule has 0 radical (unpaired) electrons. The molecule has 0 saturated heterocycles. The Kier molecular flexibility index (Phi) is 4.83. The topological polar surface area (TPSA) is 127 Å². The number of oxazole rings is 1. The molecular weight excluding hydrogens is 398 g/mol. The third-order valence-corrected chi connectivity index (χ3v) is 5.30. The molecule has 0 unspecified atom stereocenters. The van der Waals surface area contributed by atoms with Crippen LogP contribution in [0.3, 0.4) is 0 Å². The smallest absolute Gasteiger partial charge is 0.270 e. The van der Waals surface area contributed by atoms with Gasteiger partial charge >= 0.3 is 0 Å². The summed E-state index contributed by atoms with van der Waals surface area (Å²) in [5, 5.41) is 9.28. The summed E-state index contributed by atoms with van der Waals surface area (Å²) in [6, 6.07) is 5.97. The summed E-state index contributed by atoms with van der Waals surface area (Å²) in [5.74, 6) is -0.377. The zero-order valence-electron chi connectivity index (χ0n) is 16.9. The number of rotatable bonds is 7. The minimum Gasteiger partial charge on any atom is -0.444 e. The average Bonchev–Trinajstić information content (AvgIpc) is 3.49. The monoisotopic (exact) mass is 419 g/mol. The molecule has 1 fully saturated rings. The van der Waals surface area contributed by atoms with E-state index in [1.807, 2.05) is 36.0 Å². The van der Waals surface area contributed by atoms with Gasteiger partial charge in [0.1, 0.15) is 17.6 Å². The molecular formula is C21H21N7O3. The van der Waals surface area contributed by atoms with Crippen molar-refractivity contribution in [3.05, 3.63) is 54.9 Å². The second-order valence-electron chi connectivity index (χ2n) is 7.34. The van der Waals surface area contributed by atoms with E-state index in [4.69, 9.17) is 20.0 Å². The fourth-order valence-corrected chi connectivity index (χ4v) is 3.63. The number of aromatic nitrogens is 6. The molecule has 0 aliphatic heterocycles. The van der Waals surface area contributed by atoms with E-state index in [1.165, 1.54) is 6.26 Å². The number of nitrogens with zero attached hydrogens (tertiary/aromatic N) is 6. The molecule has 10 nitrogen and oxygen atoms in total. The van der Waals surface area contributed by atoms with Crippen molar-refractivity contribution in [2.45, 2.75) is 31.9 Å². The second-order valence-corrected chi connectivity index (χ2v) is 7.34. The number of ether oxygens (including phenoxy) is 1. The Balaban J connectivity index is 1.49. The molecule has 0 atom stereocenters. The van der Waals surface area contributed by atoms with Gasteiger partial charge in [-0.1, -0.05) is 6.07 Å². The maximum atomic E-state index is 11.3.